The Morgan fingerprint density at radius 1 is 0.647 bits per heavy atom. The quantitative estimate of drug-likeness (QED) is 0.0578. The number of aliphatic hydroxyl groups is 1. The standard InChI is InChI=1S/C28H56NO4P/c1-5-6-7-8-9-10-11-12-13-14-15-16-17-18-19-20-21-22-23-24-25-26-28(30,34(31,32)33)27-29(2,3)4/h16-17,22-23,30H,5-15,18-21,24-27H2,1-4H3,(H-,31,32,33)/p+1/b17-16-,23-22-. The van der Waals surface area contributed by atoms with Crippen molar-refractivity contribution in [3.63, 3.8) is 0 Å². The Bertz CT molecular complexity index is 579. The number of hydrogen-bond donors (Lipinski definition) is 3. The molecule has 1 unspecified atom stereocenters. The zero-order valence-electron chi connectivity index (χ0n) is 22.9. The summed E-state index contributed by atoms with van der Waals surface area (Å²) in [5.74, 6) is 0. The zero-order chi connectivity index (χ0) is 25.8. The molecule has 202 valence electrons. The van der Waals surface area contributed by atoms with E-state index in [0.717, 1.165) is 25.7 Å². The van der Waals surface area contributed by atoms with Crippen molar-refractivity contribution >= 4 is 7.60 Å². The van der Waals surface area contributed by atoms with Gasteiger partial charge < -0.3 is 19.4 Å². The SMILES string of the molecule is CCCCCCCCCCCC/C=C\CCCC/C=C\CCCC(O)(C[N+](C)(C)C)P(=O)(O)O. The molecule has 0 fully saturated rings. The Morgan fingerprint density at radius 3 is 1.38 bits per heavy atom. The normalized spacial score (nSPS) is 14.9. The van der Waals surface area contributed by atoms with Gasteiger partial charge in [0.1, 0.15) is 6.54 Å². The third kappa shape index (κ3) is 19.8. The summed E-state index contributed by atoms with van der Waals surface area (Å²) in [5.41, 5.74) is 0. The van der Waals surface area contributed by atoms with Crippen LogP contribution in [0.5, 0.6) is 0 Å². The molecule has 0 aliphatic rings. The fourth-order valence-electron chi connectivity index (χ4n) is 4.32. The molecule has 0 saturated carbocycles. The van der Waals surface area contributed by atoms with Crippen LogP contribution in [-0.4, -0.2) is 52.4 Å². The largest absolute Gasteiger partial charge is 0.373 e. The van der Waals surface area contributed by atoms with Gasteiger partial charge in [0, 0.05) is 0 Å². The lowest BCUT2D eigenvalue weighted by atomic mass is 10.1. The zero-order valence-corrected chi connectivity index (χ0v) is 23.8. The molecular weight excluding hydrogens is 445 g/mol. The molecule has 34 heavy (non-hydrogen) atoms. The maximum atomic E-state index is 11.8. The molecule has 0 aromatic carbocycles. The van der Waals surface area contributed by atoms with Crippen molar-refractivity contribution in [2.24, 2.45) is 0 Å². The van der Waals surface area contributed by atoms with Crippen molar-refractivity contribution in [1.82, 2.24) is 0 Å². The Labute approximate surface area is 211 Å². The van der Waals surface area contributed by atoms with Gasteiger partial charge in [-0.05, 0) is 57.8 Å². The van der Waals surface area contributed by atoms with E-state index < -0.39 is 12.9 Å². The van der Waals surface area contributed by atoms with Gasteiger partial charge in [-0.25, -0.2) is 0 Å². The first-order valence-electron chi connectivity index (χ1n) is 13.9. The summed E-state index contributed by atoms with van der Waals surface area (Å²) in [6, 6.07) is 0. The summed E-state index contributed by atoms with van der Waals surface area (Å²) in [5, 5.41) is 8.59. The highest BCUT2D eigenvalue weighted by molar-refractivity contribution is 7.53. The van der Waals surface area contributed by atoms with Crippen LogP contribution in [0.3, 0.4) is 0 Å². The van der Waals surface area contributed by atoms with Crippen LogP contribution in [0.4, 0.5) is 0 Å². The number of rotatable bonds is 23. The van der Waals surface area contributed by atoms with Gasteiger partial charge in [0.15, 0.2) is 0 Å². The van der Waals surface area contributed by atoms with Gasteiger partial charge in [-0.1, -0.05) is 89.0 Å². The van der Waals surface area contributed by atoms with Crippen molar-refractivity contribution < 1.29 is 23.9 Å². The van der Waals surface area contributed by atoms with E-state index in [2.05, 4.69) is 31.2 Å². The smallest absolute Gasteiger partial charge is 0.362 e. The fourth-order valence-corrected chi connectivity index (χ4v) is 5.38. The number of likely N-dealkylation sites (N-methyl/N-ethyl adjacent to an activating group) is 1. The molecule has 1 atom stereocenters. The summed E-state index contributed by atoms with van der Waals surface area (Å²) >= 11 is 0. The predicted molar refractivity (Wildman–Crippen MR) is 147 cm³/mol. The summed E-state index contributed by atoms with van der Waals surface area (Å²) in [6.07, 6.45) is 30.0. The highest BCUT2D eigenvalue weighted by Gasteiger charge is 2.48. The molecule has 0 aliphatic heterocycles. The molecule has 0 heterocycles. The van der Waals surface area contributed by atoms with Crippen LogP contribution in [0.2, 0.25) is 0 Å². The molecule has 0 aromatic rings. The maximum absolute atomic E-state index is 11.8. The van der Waals surface area contributed by atoms with Crippen molar-refractivity contribution in [3.8, 4) is 0 Å². The van der Waals surface area contributed by atoms with Crippen LogP contribution in [-0.2, 0) is 4.57 Å². The second kappa shape index (κ2) is 19.7. The number of hydrogen-bond acceptors (Lipinski definition) is 2. The van der Waals surface area contributed by atoms with E-state index in [1.54, 1.807) is 0 Å². The number of unbranched alkanes of at least 4 members (excludes halogenated alkanes) is 14. The minimum Gasteiger partial charge on any atom is -0.373 e. The van der Waals surface area contributed by atoms with E-state index in [0.29, 0.717) is 10.9 Å². The van der Waals surface area contributed by atoms with Crippen LogP contribution in [0.25, 0.3) is 0 Å². The summed E-state index contributed by atoms with van der Waals surface area (Å²) in [6.45, 7) is 2.31. The summed E-state index contributed by atoms with van der Waals surface area (Å²) in [4.78, 5) is 19.2. The molecule has 0 aromatic heterocycles. The monoisotopic (exact) mass is 502 g/mol. The molecule has 6 heteroatoms. The molecule has 0 radical (unpaired) electrons. The lowest BCUT2D eigenvalue weighted by molar-refractivity contribution is -0.875. The lowest BCUT2D eigenvalue weighted by Gasteiger charge is -2.35. The molecule has 0 aliphatic carbocycles. The van der Waals surface area contributed by atoms with Crippen molar-refractivity contribution in [3.05, 3.63) is 24.3 Å². The maximum Gasteiger partial charge on any atom is 0.362 e. The van der Waals surface area contributed by atoms with Crippen LogP contribution < -0.4 is 0 Å². The minimum absolute atomic E-state index is 0.0354. The lowest BCUT2D eigenvalue weighted by Crippen LogP contribution is -2.49. The second-order valence-corrected chi connectivity index (χ2v) is 13.0. The van der Waals surface area contributed by atoms with Gasteiger partial charge in [-0.15, -0.1) is 0 Å². The Morgan fingerprint density at radius 2 is 1.00 bits per heavy atom. The second-order valence-electron chi connectivity index (χ2n) is 11.1. The van der Waals surface area contributed by atoms with Crippen LogP contribution in [0, 0.1) is 0 Å². The van der Waals surface area contributed by atoms with Crippen molar-refractivity contribution in [1.29, 1.82) is 0 Å². The van der Waals surface area contributed by atoms with Crippen molar-refractivity contribution in [2.75, 3.05) is 27.7 Å². The van der Waals surface area contributed by atoms with E-state index in [-0.39, 0.29) is 13.0 Å². The predicted octanol–water partition coefficient (Wildman–Crippen LogP) is 7.71. The molecule has 0 bridgehead atoms. The van der Waals surface area contributed by atoms with E-state index in [4.69, 9.17) is 0 Å². The summed E-state index contributed by atoms with van der Waals surface area (Å²) in [7, 11) is 0.911. The Hall–Kier alpha value is -0.450. The average Bonchev–Trinajstić information content (AvgIpc) is 2.73. The highest BCUT2D eigenvalue weighted by Crippen LogP contribution is 2.52. The van der Waals surface area contributed by atoms with E-state index in [1.165, 1.54) is 77.0 Å². The topological polar surface area (TPSA) is 77.8 Å². The minimum atomic E-state index is -4.57. The van der Waals surface area contributed by atoms with Gasteiger partial charge >= 0.3 is 7.60 Å². The molecular formula is C28H57NO4P+. The van der Waals surface area contributed by atoms with Crippen LogP contribution in [0.1, 0.15) is 122 Å². The fraction of sp³-hybridized carbons (Fsp3) is 0.857. The number of quaternary nitrogens is 1. The molecule has 0 amide bonds. The number of allylic oxidation sites excluding steroid dienone is 4. The van der Waals surface area contributed by atoms with Gasteiger partial charge in [-0.2, -0.15) is 0 Å². The van der Waals surface area contributed by atoms with Gasteiger partial charge in [0.2, 0.25) is 5.34 Å². The average molecular weight is 503 g/mol. The summed E-state index contributed by atoms with van der Waals surface area (Å²) < 4.78 is 12.1. The molecule has 0 rings (SSSR count). The van der Waals surface area contributed by atoms with Crippen molar-refractivity contribution in [2.45, 2.75) is 128 Å². The Kier molecular flexibility index (Phi) is 19.4. The molecule has 5 nitrogen and oxygen atoms in total. The number of nitrogens with zero attached hydrogens (tertiary/aromatic N) is 1. The van der Waals surface area contributed by atoms with Gasteiger partial charge in [0.25, 0.3) is 0 Å². The van der Waals surface area contributed by atoms with E-state index >= 15 is 0 Å². The van der Waals surface area contributed by atoms with E-state index in [9.17, 15) is 19.5 Å². The first-order chi connectivity index (χ1) is 16.0. The third-order valence-electron chi connectivity index (χ3n) is 6.27. The highest BCUT2D eigenvalue weighted by atomic mass is 31.2. The first kappa shape index (κ1) is 33.5. The van der Waals surface area contributed by atoms with Gasteiger partial charge in [0.05, 0.1) is 21.1 Å². The van der Waals surface area contributed by atoms with Gasteiger partial charge in [-0.3, -0.25) is 4.57 Å². The van der Waals surface area contributed by atoms with Crippen LogP contribution in [0.15, 0.2) is 24.3 Å². The van der Waals surface area contributed by atoms with E-state index in [1.807, 2.05) is 21.1 Å². The van der Waals surface area contributed by atoms with Crippen LogP contribution >= 0.6 is 7.60 Å². The molecule has 0 spiro atoms. The first-order valence-corrected chi connectivity index (χ1v) is 15.5. The molecule has 0 saturated heterocycles. The Balaban J connectivity index is 3.65. The third-order valence-corrected chi connectivity index (χ3v) is 7.72. The molecule has 3 N–H and O–H groups in total.